The normalized spacial score (nSPS) is 60.4. The van der Waals surface area contributed by atoms with Crippen molar-refractivity contribution in [1.29, 1.82) is 0 Å². The Morgan fingerprint density at radius 3 is 1.71 bits per heavy atom. The van der Waals surface area contributed by atoms with Gasteiger partial charge in [-0.1, -0.05) is 13.8 Å². The van der Waals surface area contributed by atoms with Crippen LogP contribution in [0.15, 0.2) is 0 Å². The largest absolute Gasteiger partial charge is 0.370 e. The molecule has 0 aromatic heterocycles. The lowest BCUT2D eigenvalue weighted by Gasteiger charge is -2.42. The summed E-state index contributed by atoms with van der Waals surface area (Å²) in [5.41, 5.74) is 1.07. The first-order valence-corrected chi connectivity index (χ1v) is 7.36. The van der Waals surface area contributed by atoms with Crippen molar-refractivity contribution in [2.75, 3.05) is 0 Å². The number of ether oxygens (including phenoxy) is 2. The van der Waals surface area contributed by atoms with Gasteiger partial charge in [0.05, 0.1) is 24.4 Å². The number of rotatable bonds is 2. The lowest BCUT2D eigenvalue weighted by atomic mass is 9.62. The molecule has 0 aromatic rings. The zero-order chi connectivity index (χ0) is 11.7. The molecule has 2 saturated heterocycles. The van der Waals surface area contributed by atoms with Gasteiger partial charge in [0.25, 0.3) is 0 Å². The van der Waals surface area contributed by atoms with Gasteiger partial charge in [0.15, 0.2) is 0 Å². The fourth-order valence-electron chi connectivity index (χ4n) is 4.73. The van der Waals surface area contributed by atoms with Gasteiger partial charge in [-0.3, -0.25) is 0 Å². The first-order chi connectivity index (χ1) is 8.05. The Labute approximate surface area is 104 Å². The first kappa shape index (κ1) is 10.8. The van der Waals surface area contributed by atoms with Crippen molar-refractivity contribution in [3.63, 3.8) is 0 Å². The van der Waals surface area contributed by atoms with Crippen LogP contribution in [0.25, 0.3) is 0 Å². The van der Waals surface area contributed by atoms with E-state index in [1.165, 1.54) is 44.9 Å². The van der Waals surface area contributed by atoms with E-state index < -0.39 is 0 Å². The molecule has 0 amide bonds. The maximum absolute atomic E-state index is 5.70. The molecule has 4 fully saturated rings. The predicted octanol–water partition coefficient (Wildman–Crippen LogP) is 3.29. The highest BCUT2D eigenvalue weighted by Crippen LogP contribution is 2.56. The summed E-state index contributed by atoms with van der Waals surface area (Å²) in [6.07, 6.45) is 11.9. The van der Waals surface area contributed by atoms with Gasteiger partial charge in [-0.2, -0.15) is 0 Å². The Balaban J connectivity index is 1.44. The number of hydrogen-bond donors (Lipinski definition) is 0. The highest BCUT2D eigenvalue weighted by Gasteiger charge is 2.53. The van der Waals surface area contributed by atoms with Crippen molar-refractivity contribution in [3.05, 3.63) is 0 Å². The molecule has 0 aromatic carbocycles. The molecular formula is C15H24O2. The van der Waals surface area contributed by atoms with E-state index in [0.29, 0.717) is 35.2 Å². The molecule has 0 bridgehead atoms. The summed E-state index contributed by atoms with van der Waals surface area (Å²) in [5.74, 6) is 0. The van der Waals surface area contributed by atoms with E-state index in [0.717, 1.165) is 0 Å². The fourth-order valence-corrected chi connectivity index (χ4v) is 4.73. The second kappa shape index (κ2) is 3.27. The molecule has 96 valence electrons. The summed E-state index contributed by atoms with van der Waals surface area (Å²) in [6.45, 7) is 4.99. The van der Waals surface area contributed by atoms with Crippen LogP contribution in [0.3, 0.4) is 0 Å². The van der Waals surface area contributed by atoms with E-state index >= 15 is 0 Å². The zero-order valence-corrected chi connectivity index (χ0v) is 11.1. The minimum Gasteiger partial charge on any atom is -0.370 e. The second-order valence-electron chi connectivity index (χ2n) is 7.71. The third kappa shape index (κ3) is 1.94. The molecule has 4 aliphatic rings. The van der Waals surface area contributed by atoms with Crippen LogP contribution in [0, 0.1) is 10.8 Å². The average molecular weight is 236 g/mol. The molecule has 2 saturated carbocycles. The van der Waals surface area contributed by atoms with Crippen molar-refractivity contribution >= 4 is 0 Å². The second-order valence-corrected chi connectivity index (χ2v) is 7.71. The highest BCUT2D eigenvalue weighted by atomic mass is 16.6. The Morgan fingerprint density at radius 2 is 1.29 bits per heavy atom. The highest BCUT2D eigenvalue weighted by molar-refractivity contribution is 5.03. The number of epoxide rings is 2. The van der Waals surface area contributed by atoms with Crippen molar-refractivity contribution in [3.8, 4) is 0 Å². The van der Waals surface area contributed by atoms with Crippen LogP contribution in [-0.2, 0) is 9.47 Å². The number of fused-ring (bicyclic) bond motifs is 2. The Kier molecular flexibility index (Phi) is 2.08. The molecule has 0 spiro atoms. The molecule has 4 rings (SSSR count). The van der Waals surface area contributed by atoms with Gasteiger partial charge in [0.2, 0.25) is 0 Å². The van der Waals surface area contributed by atoms with Gasteiger partial charge in [-0.25, -0.2) is 0 Å². The summed E-state index contributed by atoms with van der Waals surface area (Å²) >= 11 is 0. The van der Waals surface area contributed by atoms with Crippen LogP contribution in [0.4, 0.5) is 0 Å². The Hall–Kier alpha value is -0.0800. The summed E-state index contributed by atoms with van der Waals surface area (Å²) in [7, 11) is 0. The minimum atomic E-state index is 0.536. The van der Waals surface area contributed by atoms with Gasteiger partial charge in [-0.15, -0.1) is 0 Å². The molecule has 2 nitrogen and oxygen atoms in total. The third-order valence-electron chi connectivity index (χ3n) is 5.68. The molecule has 2 heterocycles. The molecule has 2 aliphatic heterocycles. The lowest BCUT2D eigenvalue weighted by molar-refractivity contribution is 0.0947. The SMILES string of the molecule is CC1(CC2(C)CCC3OC3C2)CCC2OC2C1. The lowest BCUT2D eigenvalue weighted by Crippen LogP contribution is -2.34. The van der Waals surface area contributed by atoms with E-state index in [9.17, 15) is 0 Å². The minimum absolute atomic E-state index is 0.536. The summed E-state index contributed by atoms with van der Waals surface area (Å²) in [5, 5.41) is 0. The van der Waals surface area contributed by atoms with Crippen molar-refractivity contribution in [2.24, 2.45) is 10.8 Å². The molecule has 6 unspecified atom stereocenters. The zero-order valence-electron chi connectivity index (χ0n) is 11.1. The van der Waals surface area contributed by atoms with E-state index in [-0.39, 0.29) is 0 Å². The summed E-state index contributed by atoms with van der Waals surface area (Å²) in [4.78, 5) is 0. The smallest absolute Gasteiger partial charge is 0.0847 e. The van der Waals surface area contributed by atoms with Crippen LogP contribution in [0.1, 0.15) is 58.8 Å². The quantitative estimate of drug-likeness (QED) is 0.687. The van der Waals surface area contributed by atoms with Crippen LogP contribution >= 0.6 is 0 Å². The molecule has 0 radical (unpaired) electrons. The van der Waals surface area contributed by atoms with Gasteiger partial charge >= 0.3 is 0 Å². The van der Waals surface area contributed by atoms with E-state index in [2.05, 4.69) is 13.8 Å². The molecule has 17 heavy (non-hydrogen) atoms. The van der Waals surface area contributed by atoms with Gasteiger partial charge in [-0.05, 0) is 55.8 Å². The first-order valence-electron chi connectivity index (χ1n) is 7.36. The van der Waals surface area contributed by atoms with Crippen molar-refractivity contribution in [1.82, 2.24) is 0 Å². The molecular weight excluding hydrogens is 212 g/mol. The van der Waals surface area contributed by atoms with Gasteiger partial charge in [0, 0.05) is 0 Å². The van der Waals surface area contributed by atoms with Crippen molar-refractivity contribution in [2.45, 2.75) is 83.2 Å². The maximum Gasteiger partial charge on any atom is 0.0847 e. The molecule has 2 heteroatoms. The standard InChI is InChI=1S/C15H24O2/c1-14(5-3-10-12(7-14)16-10)9-15(2)6-4-11-13(8-15)17-11/h10-13H,3-9H2,1-2H3. The summed E-state index contributed by atoms with van der Waals surface area (Å²) in [6, 6.07) is 0. The monoisotopic (exact) mass is 236 g/mol. The Morgan fingerprint density at radius 1 is 0.824 bits per heavy atom. The van der Waals surface area contributed by atoms with Gasteiger partial charge < -0.3 is 9.47 Å². The van der Waals surface area contributed by atoms with Crippen LogP contribution < -0.4 is 0 Å². The Bertz CT molecular complexity index is 310. The topological polar surface area (TPSA) is 25.1 Å². The van der Waals surface area contributed by atoms with E-state index in [1.807, 2.05) is 0 Å². The summed E-state index contributed by atoms with van der Waals surface area (Å²) < 4.78 is 11.4. The molecule has 2 aliphatic carbocycles. The van der Waals surface area contributed by atoms with Crippen LogP contribution in [0.5, 0.6) is 0 Å². The van der Waals surface area contributed by atoms with Gasteiger partial charge in [0.1, 0.15) is 0 Å². The average Bonchev–Trinajstić information content (AvgIpc) is 3.09. The molecule has 6 atom stereocenters. The van der Waals surface area contributed by atoms with Crippen molar-refractivity contribution < 1.29 is 9.47 Å². The maximum atomic E-state index is 5.70. The van der Waals surface area contributed by atoms with Crippen LogP contribution in [0.2, 0.25) is 0 Å². The van der Waals surface area contributed by atoms with E-state index in [1.54, 1.807) is 0 Å². The molecule has 0 N–H and O–H groups in total. The third-order valence-corrected chi connectivity index (χ3v) is 5.68. The van der Waals surface area contributed by atoms with Crippen LogP contribution in [-0.4, -0.2) is 24.4 Å². The van der Waals surface area contributed by atoms with E-state index in [4.69, 9.17) is 9.47 Å². The predicted molar refractivity (Wildman–Crippen MR) is 65.9 cm³/mol. The number of hydrogen-bond acceptors (Lipinski definition) is 2. The fraction of sp³-hybridized carbons (Fsp3) is 1.00.